The van der Waals surface area contributed by atoms with E-state index in [1.807, 2.05) is 6.07 Å². The number of benzene rings is 1. The molecule has 0 spiro atoms. The predicted octanol–water partition coefficient (Wildman–Crippen LogP) is 2.69. The van der Waals surface area contributed by atoms with Crippen LogP contribution in [0.2, 0.25) is 0 Å². The molecular formula is C12H14FN3O3. The Balaban J connectivity index is 2.49. The minimum atomic E-state index is -1.53. The topological polar surface area (TPSA) is 95.3 Å². The van der Waals surface area contributed by atoms with Crippen LogP contribution in [-0.4, -0.2) is 29.9 Å². The highest BCUT2D eigenvalue weighted by molar-refractivity contribution is 5.72. The Labute approximate surface area is 109 Å². The summed E-state index contributed by atoms with van der Waals surface area (Å²) in [7, 11) is 0. The maximum atomic E-state index is 13.3. The standard InChI is InChI=1S/C12H14FN3O3/c13-10(7-15-16-14)6-11(12(17)18)19-8-9-4-2-1-3-5-9/h1-5,10-11H,6-8H2,(H,17,18)/t10-,11+/m1/s1. The van der Waals surface area contributed by atoms with Gasteiger partial charge in [-0.2, -0.15) is 0 Å². The molecule has 1 rings (SSSR count). The zero-order valence-corrected chi connectivity index (χ0v) is 10.1. The first-order chi connectivity index (χ1) is 9.13. The van der Waals surface area contributed by atoms with Crippen LogP contribution in [0.15, 0.2) is 35.4 Å². The highest BCUT2D eigenvalue weighted by Crippen LogP contribution is 2.11. The zero-order chi connectivity index (χ0) is 14.1. The van der Waals surface area contributed by atoms with E-state index >= 15 is 0 Å². The first kappa shape index (κ1) is 14.9. The third-order valence-electron chi connectivity index (χ3n) is 2.38. The molecule has 0 heterocycles. The van der Waals surface area contributed by atoms with E-state index in [1.54, 1.807) is 24.3 Å². The summed E-state index contributed by atoms with van der Waals surface area (Å²) >= 11 is 0. The van der Waals surface area contributed by atoms with Crippen LogP contribution in [0.4, 0.5) is 4.39 Å². The van der Waals surface area contributed by atoms with Crippen molar-refractivity contribution in [1.82, 2.24) is 0 Å². The number of hydrogen-bond acceptors (Lipinski definition) is 3. The molecule has 0 aromatic heterocycles. The molecular weight excluding hydrogens is 253 g/mol. The number of alkyl halides is 1. The number of azide groups is 1. The summed E-state index contributed by atoms with van der Waals surface area (Å²) in [5.74, 6) is -1.24. The molecule has 0 amide bonds. The van der Waals surface area contributed by atoms with Gasteiger partial charge >= 0.3 is 5.97 Å². The average molecular weight is 267 g/mol. The van der Waals surface area contributed by atoms with E-state index in [4.69, 9.17) is 15.4 Å². The van der Waals surface area contributed by atoms with Gasteiger partial charge in [0.15, 0.2) is 6.10 Å². The van der Waals surface area contributed by atoms with Gasteiger partial charge in [-0.1, -0.05) is 35.4 Å². The van der Waals surface area contributed by atoms with Gasteiger partial charge in [-0.05, 0) is 11.1 Å². The SMILES string of the molecule is [N-]=[N+]=NC[C@H](F)C[C@H](OCc1ccccc1)C(=O)O. The van der Waals surface area contributed by atoms with Crippen molar-refractivity contribution in [1.29, 1.82) is 0 Å². The molecule has 6 nitrogen and oxygen atoms in total. The Hall–Kier alpha value is -2.11. The second-order valence-corrected chi connectivity index (χ2v) is 3.87. The molecule has 0 bridgehead atoms. The zero-order valence-electron chi connectivity index (χ0n) is 10.1. The molecule has 0 aliphatic rings. The Morgan fingerprint density at radius 1 is 1.47 bits per heavy atom. The fraction of sp³-hybridized carbons (Fsp3) is 0.417. The Kier molecular flexibility index (Phi) is 6.35. The molecule has 0 radical (unpaired) electrons. The number of rotatable bonds is 8. The molecule has 1 aromatic rings. The van der Waals surface area contributed by atoms with Crippen LogP contribution < -0.4 is 0 Å². The highest BCUT2D eigenvalue weighted by atomic mass is 19.1. The molecule has 1 N–H and O–H groups in total. The number of aliphatic carboxylic acids is 1. The summed E-state index contributed by atoms with van der Waals surface area (Å²) in [5, 5.41) is 12.0. The van der Waals surface area contributed by atoms with Gasteiger partial charge in [0.25, 0.3) is 0 Å². The van der Waals surface area contributed by atoms with Gasteiger partial charge in [0, 0.05) is 11.3 Å². The van der Waals surface area contributed by atoms with Crippen molar-refractivity contribution in [3.05, 3.63) is 46.3 Å². The molecule has 102 valence electrons. The molecule has 0 saturated carbocycles. The highest BCUT2D eigenvalue weighted by Gasteiger charge is 2.22. The van der Waals surface area contributed by atoms with Crippen LogP contribution in [0.3, 0.4) is 0 Å². The Morgan fingerprint density at radius 2 is 2.16 bits per heavy atom. The predicted molar refractivity (Wildman–Crippen MR) is 66.2 cm³/mol. The van der Waals surface area contributed by atoms with Crippen LogP contribution >= 0.6 is 0 Å². The summed E-state index contributed by atoms with van der Waals surface area (Å²) in [6.07, 6.45) is -3.14. The van der Waals surface area contributed by atoms with Crippen LogP contribution in [0.1, 0.15) is 12.0 Å². The fourth-order valence-corrected chi connectivity index (χ4v) is 1.44. The Morgan fingerprint density at radius 3 is 2.74 bits per heavy atom. The maximum Gasteiger partial charge on any atom is 0.332 e. The smallest absolute Gasteiger partial charge is 0.332 e. The lowest BCUT2D eigenvalue weighted by molar-refractivity contribution is -0.152. The van der Waals surface area contributed by atoms with E-state index in [0.717, 1.165) is 5.56 Å². The average Bonchev–Trinajstić information content (AvgIpc) is 2.42. The molecule has 0 unspecified atom stereocenters. The van der Waals surface area contributed by atoms with Crippen molar-refractivity contribution in [2.45, 2.75) is 25.3 Å². The van der Waals surface area contributed by atoms with Crippen LogP contribution in [-0.2, 0) is 16.1 Å². The van der Waals surface area contributed by atoms with E-state index in [0.29, 0.717) is 0 Å². The second-order valence-electron chi connectivity index (χ2n) is 3.87. The molecule has 0 aliphatic carbocycles. The fourth-order valence-electron chi connectivity index (χ4n) is 1.44. The van der Waals surface area contributed by atoms with E-state index < -0.39 is 24.8 Å². The molecule has 7 heteroatoms. The van der Waals surface area contributed by atoms with Crippen LogP contribution in [0, 0.1) is 0 Å². The third kappa shape index (κ3) is 5.85. The van der Waals surface area contributed by atoms with Gasteiger partial charge in [-0.3, -0.25) is 0 Å². The summed E-state index contributed by atoms with van der Waals surface area (Å²) < 4.78 is 18.5. The van der Waals surface area contributed by atoms with Gasteiger partial charge in [0.1, 0.15) is 6.17 Å². The van der Waals surface area contributed by atoms with Gasteiger partial charge < -0.3 is 9.84 Å². The number of ether oxygens (including phenoxy) is 1. The summed E-state index contributed by atoms with van der Waals surface area (Å²) in [6.45, 7) is -0.305. The minimum absolute atomic E-state index is 0.0893. The number of carbonyl (C=O) groups is 1. The van der Waals surface area contributed by atoms with Crippen molar-refractivity contribution in [3.63, 3.8) is 0 Å². The van der Waals surface area contributed by atoms with Crippen molar-refractivity contribution < 1.29 is 19.0 Å². The number of carboxylic acid groups (broad SMARTS) is 1. The first-order valence-electron chi connectivity index (χ1n) is 5.66. The second kappa shape index (κ2) is 8.07. The molecule has 19 heavy (non-hydrogen) atoms. The van der Waals surface area contributed by atoms with E-state index in [2.05, 4.69) is 10.0 Å². The number of nitrogens with zero attached hydrogens (tertiary/aromatic N) is 3. The lowest BCUT2D eigenvalue weighted by Gasteiger charge is -2.15. The van der Waals surface area contributed by atoms with Crippen LogP contribution in [0.25, 0.3) is 10.4 Å². The van der Waals surface area contributed by atoms with Crippen molar-refractivity contribution in [3.8, 4) is 0 Å². The molecule has 2 atom stereocenters. The summed E-state index contributed by atoms with van der Waals surface area (Å²) in [4.78, 5) is 13.4. The normalized spacial score (nSPS) is 13.3. The molecule has 0 fully saturated rings. The summed E-state index contributed by atoms with van der Waals surface area (Å²) in [6, 6.07) is 9.00. The molecule has 0 saturated heterocycles. The largest absolute Gasteiger partial charge is 0.479 e. The van der Waals surface area contributed by atoms with Crippen molar-refractivity contribution in [2.75, 3.05) is 6.54 Å². The van der Waals surface area contributed by atoms with Crippen LogP contribution in [0.5, 0.6) is 0 Å². The third-order valence-corrected chi connectivity index (χ3v) is 2.38. The quantitative estimate of drug-likeness (QED) is 0.445. The van der Waals surface area contributed by atoms with Crippen molar-refractivity contribution >= 4 is 5.97 Å². The van der Waals surface area contributed by atoms with E-state index in [-0.39, 0.29) is 13.0 Å². The lowest BCUT2D eigenvalue weighted by Crippen LogP contribution is -2.28. The van der Waals surface area contributed by atoms with Gasteiger partial charge in [-0.15, -0.1) is 0 Å². The van der Waals surface area contributed by atoms with Gasteiger partial charge in [-0.25, -0.2) is 9.18 Å². The number of hydrogen-bond donors (Lipinski definition) is 1. The Bertz CT molecular complexity index is 449. The van der Waals surface area contributed by atoms with Gasteiger partial charge in [0.05, 0.1) is 13.2 Å². The molecule has 0 aliphatic heterocycles. The number of carboxylic acids is 1. The van der Waals surface area contributed by atoms with E-state index in [1.165, 1.54) is 0 Å². The minimum Gasteiger partial charge on any atom is -0.479 e. The lowest BCUT2D eigenvalue weighted by atomic mass is 10.1. The summed E-state index contributed by atoms with van der Waals surface area (Å²) in [5.41, 5.74) is 8.86. The monoisotopic (exact) mass is 267 g/mol. The first-order valence-corrected chi connectivity index (χ1v) is 5.66. The van der Waals surface area contributed by atoms with Gasteiger partial charge in [0.2, 0.25) is 0 Å². The molecule has 1 aromatic carbocycles. The van der Waals surface area contributed by atoms with E-state index in [9.17, 15) is 9.18 Å². The number of halogens is 1. The van der Waals surface area contributed by atoms with Crippen molar-refractivity contribution in [2.24, 2.45) is 5.11 Å². The maximum absolute atomic E-state index is 13.3.